The van der Waals surface area contributed by atoms with E-state index in [1.54, 1.807) is 37.8 Å². The van der Waals surface area contributed by atoms with E-state index in [0.717, 1.165) is 0 Å². The first-order valence-electron chi connectivity index (χ1n) is 7.15. The highest BCUT2D eigenvalue weighted by molar-refractivity contribution is 5.89. The molecule has 1 aliphatic rings. The van der Waals surface area contributed by atoms with Crippen LogP contribution in [0.25, 0.3) is 0 Å². The first kappa shape index (κ1) is 15.6. The van der Waals surface area contributed by atoms with Gasteiger partial charge in [-0.3, -0.25) is 9.59 Å². The van der Waals surface area contributed by atoms with E-state index < -0.39 is 17.9 Å². The second-order valence-electron chi connectivity index (χ2n) is 5.34. The lowest BCUT2D eigenvalue weighted by atomic mass is 9.76. The van der Waals surface area contributed by atoms with Gasteiger partial charge in [-0.2, -0.15) is 0 Å². The minimum absolute atomic E-state index is 0.164. The summed E-state index contributed by atoms with van der Waals surface area (Å²) < 4.78 is 10.3. The Morgan fingerprint density at radius 2 is 2.24 bits per heavy atom. The van der Waals surface area contributed by atoms with Crippen molar-refractivity contribution in [1.82, 2.24) is 4.90 Å². The van der Waals surface area contributed by atoms with Crippen LogP contribution in [0, 0.1) is 11.8 Å². The number of hydrogen-bond acceptors (Lipinski definition) is 5. The molecule has 2 rings (SSSR count). The van der Waals surface area contributed by atoms with Crippen molar-refractivity contribution < 1.29 is 23.8 Å². The zero-order valence-corrected chi connectivity index (χ0v) is 12.5. The van der Waals surface area contributed by atoms with Crippen molar-refractivity contribution in [1.29, 1.82) is 0 Å². The molecule has 21 heavy (non-hydrogen) atoms. The van der Waals surface area contributed by atoms with E-state index in [1.807, 2.05) is 0 Å². The molecule has 0 radical (unpaired) electrons. The van der Waals surface area contributed by atoms with Crippen LogP contribution in [-0.4, -0.2) is 40.6 Å². The van der Waals surface area contributed by atoms with E-state index in [2.05, 4.69) is 0 Å². The zero-order valence-electron chi connectivity index (χ0n) is 12.5. The summed E-state index contributed by atoms with van der Waals surface area (Å²) in [5.41, 5.74) is 0. The number of aliphatic hydroxyl groups is 1. The van der Waals surface area contributed by atoms with Crippen molar-refractivity contribution in [2.45, 2.75) is 39.5 Å². The molecule has 1 amide bonds. The summed E-state index contributed by atoms with van der Waals surface area (Å²) in [7, 11) is 0. The van der Waals surface area contributed by atoms with Gasteiger partial charge in [0.15, 0.2) is 0 Å². The highest BCUT2D eigenvalue weighted by Crippen LogP contribution is 2.36. The number of β-lactam (4-membered cyclic amide) rings is 1. The Kier molecular flexibility index (Phi) is 4.67. The van der Waals surface area contributed by atoms with Gasteiger partial charge in [0, 0.05) is 0 Å². The number of ether oxygens (including phenoxy) is 1. The molecule has 0 spiro atoms. The van der Waals surface area contributed by atoms with Gasteiger partial charge in [-0.05, 0) is 32.9 Å². The third-order valence-corrected chi connectivity index (χ3v) is 3.89. The minimum Gasteiger partial charge on any atom is -0.467 e. The van der Waals surface area contributed by atoms with Crippen molar-refractivity contribution in [2.24, 2.45) is 11.8 Å². The van der Waals surface area contributed by atoms with Crippen LogP contribution >= 0.6 is 0 Å². The lowest BCUT2D eigenvalue weighted by molar-refractivity contribution is -0.176. The Bertz CT molecular complexity index is 496. The summed E-state index contributed by atoms with van der Waals surface area (Å²) >= 11 is 0. The van der Waals surface area contributed by atoms with Crippen LogP contribution < -0.4 is 0 Å². The Morgan fingerprint density at radius 3 is 2.76 bits per heavy atom. The fourth-order valence-electron chi connectivity index (χ4n) is 2.84. The standard InChI is InChI=1S/C15H21NO5/c1-4-20-15(19)9(2)13-12(10(3)17)14(18)16(13)8-11-6-5-7-21-11/h5-7,9-10,12-13,17H,4,8H2,1-3H3. The van der Waals surface area contributed by atoms with Crippen LogP contribution in [0.4, 0.5) is 0 Å². The Labute approximate surface area is 123 Å². The van der Waals surface area contributed by atoms with Crippen molar-refractivity contribution >= 4 is 11.9 Å². The van der Waals surface area contributed by atoms with Gasteiger partial charge < -0.3 is 19.2 Å². The molecule has 4 unspecified atom stereocenters. The topological polar surface area (TPSA) is 80.0 Å². The number of rotatable bonds is 6. The third kappa shape index (κ3) is 2.95. The van der Waals surface area contributed by atoms with Gasteiger partial charge in [0.1, 0.15) is 5.76 Å². The molecule has 0 aliphatic carbocycles. The Hall–Kier alpha value is -1.82. The molecule has 0 saturated carbocycles. The summed E-state index contributed by atoms with van der Waals surface area (Å²) in [5, 5.41) is 9.79. The largest absolute Gasteiger partial charge is 0.467 e. The second-order valence-corrected chi connectivity index (χ2v) is 5.34. The molecule has 1 N–H and O–H groups in total. The highest BCUT2D eigenvalue weighted by atomic mass is 16.5. The molecule has 6 heteroatoms. The van der Waals surface area contributed by atoms with Gasteiger partial charge in [-0.25, -0.2) is 0 Å². The molecule has 0 bridgehead atoms. The molecular formula is C15H21NO5. The Morgan fingerprint density at radius 1 is 1.52 bits per heavy atom. The molecule has 1 saturated heterocycles. The quantitative estimate of drug-likeness (QED) is 0.630. The number of amides is 1. The summed E-state index contributed by atoms with van der Waals surface area (Å²) in [6.07, 6.45) is 0.738. The SMILES string of the molecule is CCOC(=O)C(C)C1C(C(C)O)C(=O)N1Cc1ccco1. The molecule has 1 aromatic heterocycles. The van der Waals surface area contributed by atoms with Crippen LogP contribution in [0.5, 0.6) is 0 Å². The van der Waals surface area contributed by atoms with Gasteiger partial charge in [0.2, 0.25) is 5.91 Å². The predicted molar refractivity (Wildman–Crippen MR) is 74.0 cm³/mol. The van der Waals surface area contributed by atoms with Crippen molar-refractivity contribution in [3.05, 3.63) is 24.2 Å². The molecule has 6 nitrogen and oxygen atoms in total. The third-order valence-electron chi connectivity index (χ3n) is 3.89. The molecule has 1 aliphatic heterocycles. The number of furan rings is 1. The molecule has 4 atom stereocenters. The first-order chi connectivity index (χ1) is 9.97. The van der Waals surface area contributed by atoms with Crippen LogP contribution in [-0.2, 0) is 20.9 Å². The maximum atomic E-state index is 12.2. The van der Waals surface area contributed by atoms with Crippen molar-refractivity contribution in [3.63, 3.8) is 0 Å². The van der Waals surface area contributed by atoms with E-state index in [4.69, 9.17) is 9.15 Å². The number of esters is 1. The summed E-state index contributed by atoms with van der Waals surface area (Å²) in [4.78, 5) is 25.7. The predicted octanol–water partition coefficient (Wildman–Crippen LogP) is 1.19. The number of aliphatic hydroxyl groups excluding tert-OH is 1. The molecular weight excluding hydrogens is 274 g/mol. The minimum atomic E-state index is -0.799. The lowest BCUT2D eigenvalue weighted by Crippen LogP contribution is -2.66. The number of carbonyl (C=O) groups excluding carboxylic acids is 2. The molecule has 1 aromatic rings. The van der Waals surface area contributed by atoms with Crippen molar-refractivity contribution in [2.75, 3.05) is 6.61 Å². The van der Waals surface area contributed by atoms with Gasteiger partial charge in [0.25, 0.3) is 0 Å². The molecule has 2 heterocycles. The number of carbonyl (C=O) groups is 2. The van der Waals surface area contributed by atoms with Crippen LogP contribution in [0.2, 0.25) is 0 Å². The average Bonchev–Trinajstić information content (AvgIpc) is 2.93. The number of likely N-dealkylation sites (tertiary alicyclic amines) is 1. The van der Waals surface area contributed by atoms with Crippen molar-refractivity contribution in [3.8, 4) is 0 Å². The molecule has 116 valence electrons. The summed E-state index contributed by atoms with van der Waals surface area (Å²) in [6, 6.07) is 3.14. The van der Waals surface area contributed by atoms with E-state index in [9.17, 15) is 14.7 Å². The first-order valence-corrected chi connectivity index (χ1v) is 7.15. The van der Waals surface area contributed by atoms with Crippen LogP contribution in [0.3, 0.4) is 0 Å². The van der Waals surface area contributed by atoms with Gasteiger partial charge in [-0.15, -0.1) is 0 Å². The lowest BCUT2D eigenvalue weighted by Gasteiger charge is -2.50. The fourth-order valence-corrected chi connectivity index (χ4v) is 2.84. The smallest absolute Gasteiger partial charge is 0.310 e. The number of hydrogen-bond donors (Lipinski definition) is 1. The van der Waals surface area contributed by atoms with Crippen LogP contribution in [0.1, 0.15) is 26.5 Å². The summed E-state index contributed by atoms with van der Waals surface area (Å²) in [6.45, 7) is 5.62. The van der Waals surface area contributed by atoms with Gasteiger partial charge in [-0.1, -0.05) is 0 Å². The normalized spacial score (nSPS) is 24.4. The van der Waals surface area contributed by atoms with E-state index >= 15 is 0 Å². The molecule has 1 fully saturated rings. The second kappa shape index (κ2) is 6.30. The molecule has 0 aromatic carbocycles. The summed E-state index contributed by atoms with van der Waals surface area (Å²) in [5.74, 6) is -0.933. The van der Waals surface area contributed by atoms with E-state index in [0.29, 0.717) is 18.9 Å². The number of nitrogens with zero attached hydrogens (tertiary/aromatic N) is 1. The zero-order chi connectivity index (χ0) is 15.6. The Balaban J connectivity index is 2.15. The fraction of sp³-hybridized carbons (Fsp3) is 0.600. The maximum absolute atomic E-state index is 12.2. The van der Waals surface area contributed by atoms with Gasteiger partial charge >= 0.3 is 5.97 Å². The van der Waals surface area contributed by atoms with E-state index in [-0.39, 0.29) is 17.9 Å². The van der Waals surface area contributed by atoms with E-state index in [1.165, 1.54) is 6.26 Å². The van der Waals surface area contributed by atoms with Gasteiger partial charge in [0.05, 0.1) is 43.4 Å². The van der Waals surface area contributed by atoms with Crippen LogP contribution in [0.15, 0.2) is 22.8 Å². The monoisotopic (exact) mass is 295 g/mol. The maximum Gasteiger partial charge on any atom is 0.310 e. The average molecular weight is 295 g/mol. The highest BCUT2D eigenvalue weighted by Gasteiger charge is 2.53.